The van der Waals surface area contributed by atoms with Gasteiger partial charge in [-0.05, 0) is 53.6 Å². The summed E-state index contributed by atoms with van der Waals surface area (Å²) in [7, 11) is -2.14. The summed E-state index contributed by atoms with van der Waals surface area (Å²) in [6.45, 7) is 0. The summed E-state index contributed by atoms with van der Waals surface area (Å²) < 4.78 is 27.1. The third-order valence-electron chi connectivity index (χ3n) is 5.30. The number of anilines is 3. The Hall–Kier alpha value is -2.46. The summed E-state index contributed by atoms with van der Waals surface area (Å²) in [5.74, 6) is -0.729. The Morgan fingerprint density at radius 2 is 1.35 bits per heavy atom. The van der Waals surface area contributed by atoms with Crippen LogP contribution in [-0.4, -0.2) is 21.4 Å². The number of nitrogens with two attached hydrogens (primary N) is 1. The molecule has 0 fully saturated rings. The molecule has 0 aromatic heterocycles. The van der Waals surface area contributed by atoms with Crippen LogP contribution in [0, 0.1) is 0 Å². The fraction of sp³-hybridized carbons (Fsp3) is 0.0385. The molecule has 4 rings (SSSR count). The zero-order valence-electron chi connectivity index (χ0n) is 19.0. The van der Waals surface area contributed by atoms with E-state index in [1.54, 1.807) is 30.3 Å². The predicted molar refractivity (Wildman–Crippen MR) is 132 cm³/mol. The van der Waals surface area contributed by atoms with E-state index >= 15 is 0 Å². The van der Waals surface area contributed by atoms with Gasteiger partial charge >= 0.3 is 51.4 Å². The summed E-state index contributed by atoms with van der Waals surface area (Å²) in [5.41, 5.74) is 10.5. The first-order valence-electron chi connectivity index (χ1n) is 10.3. The van der Waals surface area contributed by atoms with Crippen molar-refractivity contribution in [1.29, 1.82) is 0 Å². The molecule has 1 amide bonds. The minimum Gasteiger partial charge on any atom is -0.397 e. The SMILES string of the molecule is CN(c1ccc(-c2ccccc2)cc1)c1cc(C(=O)NS(=O)(=O)c2ccccc2)ccc1N.[K+]. The van der Waals surface area contributed by atoms with Gasteiger partial charge in [0.25, 0.3) is 15.9 Å². The topological polar surface area (TPSA) is 92.5 Å². The zero-order chi connectivity index (χ0) is 23.4. The number of hydrogen-bond acceptors (Lipinski definition) is 5. The van der Waals surface area contributed by atoms with Gasteiger partial charge in [-0.3, -0.25) is 4.79 Å². The van der Waals surface area contributed by atoms with E-state index in [0.717, 1.165) is 16.8 Å². The van der Waals surface area contributed by atoms with Gasteiger partial charge in [-0.2, -0.15) is 0 Å². The molecule has 8 heteroatoms. The molecule has 0 radical (unpaired) electrons. The van der Waals surface area contributed by atoms with Crippen molar-refractivity contribution in [3.8, 4) is 11.1 Å². The summed E-state index contributed by atoms with van der Waals surface area (Å²) in [5, 5.41) is 0. The van der Waals surface area contributed by atoms with Crippen LogP contribution in [0.5, 0.6) is 0 Å². The molecule has 0 aliphatic heterocycles. The molecule has 4 aromatic carbocycles. The van der Waals surface area contributed by atoms with Crippen LogP contribution in [0.1, 0.15) is 10.4 Å². The standard InChI is InChI=1S/C26H23N3O3S.K/c1-29(22-15-12-20(13-16-22)19-8-4-2-5-9-19)25-18-21(14-17-24(25)27)26(30)28-33(31,32)23-10-6-3-7-11-23;/h2-18H,27H2,1H3,(H,28,30);/q;+1. The molecule has 0 bridgehead atoms. The molecule has 3 N–H and O–H groups in total. The first kappa shape index (κ1) is 26.1. The number of benzene rings is 4. The number of rotatable bonds is 6. The van der Waals surface area contributed by atoms with Crippen LogP contribution < -0.4 is 66.7 Å². The Labute approximate surface area is 242 Å². The second kappa shape index (κ2) is 11.3. The number of carbonyl (C=O) groups excluding carboxylic acids is 1. The van der Waals surface area contributed by atoms with E-state index in [9.17, 15) is 13.2 Å². The quantitative estimate of drug-likeness (QED) is 0.314. The normalized spacial score (nSPS) is 10.7. The molecule has 6 nitrogen and oxygen atoms in total. The number of amides is 1. The van der Waals surface area contributed by atoms with Gasteiger partial charge in [0.15, 0.2) is 0 Å². The van der Waals surface area contributed by atoms with Gasteiger partial charge < -0.3 is 10.6 Å². The third kappa shape index (κ3) is 5.96. The van der Waals surface area contributed by atoms with E-state index in [0.29, 0.717) is 11.4 Å². The van der Waals surface area contributed by atoms with Gasteiger partial charge in [0.05, 0.1) is 16.3 Å². The molecule has 34 heavy (non-hydrogen) atoms. The van der Waals surface area contributed by atoms with E-state index in [1.165, 1.54) is 18.2 Å². The molecule has 0 saturated carbocycles. The average Bonchev–Trinajstić information content (AvgIpc) is 2.85. The van der Waals surface area contributed by atoms with E-state index in [2.05, 4.69) is 4.72 Å². The summed E-state index contributed by atoms with van der Waals surface area (Å²) in [6, 6.07) is 30.4. The maximum absolute atomic E-state index is 12.7. The second-order valence-electron chi connectivity index (χ2n) is 7.49. The van der Waals surface area contributed by atoms with Crippen LogP contribution in [0.15, 0.2) is 108 Å². The molecule has 0 heterocycles. The number of nitrogens with zero attached hydrogens (tertiary/aromatic N) is 1. The summed E-state index contributed by atoms with van der Waals surface area (Å²) in [4.78, 5) is 14.6. The fourth-order valence-corrected chi connectivity index (χ4v) is 4.46. The Morgan fingerprint density at radius 1 is 0.794 bits per heavy atom. The summed E-state index contributed by atoms with van der Waals surface area (Å²) >= 11 is 0. The molecule has 166 valence electrons. The van der Waals surface area contributed by atoms with Crippen molar-refractivity contribution < 1.29 is 64.6 Å². The monoisotopic (exact) mass is 496 g/mol. The van der Waals surface area contributed by atoms with Gasteiger partial charge in [-0.25, -0.2) is 13.1 Å². The predicted octanol–water partition coefficient (Wildman–Crippen LogP) is 1.83. The molecule has 0 saturated heterocycles. The van der Waals surface area contributed by atoms with Crippen molar-refractivity contribution in [3.05, 3.63) is 109 Å². The van der Waals surface area contributed by atoms with Crippen molar-refractivity contribution in [1.82, 2.24) is 4.72 Å². The van der Waals surface area contributed by atoms with Crippen LogP contribution >= 0.6 is 0 Å². The smallest absolute Gasteiger partial charge is 0.397 e. The third-order valence-corrected chi connectivity index (χ3v) is 6.64. The van der Waals surface area contributed by atoms with Crippen molar-refractivity contribution in [2.75, 3.05) is 17.7 Å². The maximum atomic E-state index is 12.7. The van der Waals surface area contributed by atoms with E-state index in [4.69, 9.17) is 5.73 Å². The van der Waals surface area contributed by atoms with Crippen LogP contribution in [-0.2, 0) is 10.0 Å². The van der Waals surface area contributed by atoms with E-state index < -0.39 is 15.9 Å². The van der Waals surface area contributed by atoms with Crippen molar-refractivity contribution in [3.63, 3.8) is 0 Å². The molecular formula is C26H23KN3O3S+. The number of nitrogens with one attached hydrogen (secondary N) is 1. The second-order valence-corrected chi connectivity index (χ2v) is 9.18. The van der Waals surface area contributed by atoms with E-state index in [1.807, 2.05) is 66.5 Å². The summed E-state index contributed by atoms with van der Waals surface area (Å²) in [6.07, 6.45) is 0. The van der Waals surface area contributed by atoms with Gasteiger partial charge in [0.1, 0.15) is 0 Å². The number of hydrogen-bond donors (Lipinski definition) is 2. The minimum atomic E-state index is -3.98. The Balaban J connectivity index is 0.00000324. The molecule has 0 atom stereocenters. The zero-order valence-corrected chi connectivity index (χ0v) is 22.9. The maximum Gasteiger partial charge on any atom is 1.00 e. The van der Waals surface area contributed by atoms with Crippen molar-refractivity contribution >= 4 is 33.0 Å². The largest absolute Gasteiger partial charge is 1.00 e. The fourth-order valence-electron chi connectivity index (χ4n) is 3.46. The minimum absolute atomic E-state index is 0. The number of sulfonamides is 1. The first-order valence-corrected chi connectivity index (χ1v) is 11.7. The average molecular weight is 497 g/mol. The van der Waals surface area contributed by atoms with Crippen LogP contribution in [0.3, 0.4) is 0 Å². The molecule has 0 aliphatic rings. The van der Waals surface area contributed by atoms with Crippen molar-refractivity contribution in [2.45, 2.75) is 4.90 Å². The van der Waals surface area contributed by atoms with Crippen molar-refractivity contribution in [2.24, 2.45) is 0 Å². The Bertz CT molecular complexity index is 1380. The van der Waals surface area contributed by atoms with Gasteiger partial charge in [-0.15, -0.1) is 0 Å². The van der Waals surface area contributed by atoms with Crippen LogP contribution in [0.25, 0.3) is 11.1 Å². The first-order chi connectivity index (χ1) is 15.8. The molecule has 0 unspecified atom stereocenters. The Morgan fingerprint density at radius 3 is 1.97 bits per heavy atom. The molecular weight excluding hydrogens is 473 g/mol. The molecule has 0 aliphatic carbocycles. The van der Waals surface area contributed by atoms with Gasteiger partial charge in [0, 0.05) is 18.3 Å². The molecule has 0 spiro atoms. The van der Waals surface area contributed by atoms with Crippen LogP contribution in [0.2, 0.25) is 0 Å². The number of carbonyl (C=O) groups is 1. The molecule has 4 aromatic rings. The van der Waals surface area contributed by atoms with E-state index in [-0.39, 0.29) is 61.8 Å². The van der Waals surface area contributed by atoms with Gasteiger partial charge in [-0.1, -0.05) is 60.7 Å². The van der Waals surface area contributed by atoms with Crippen LogP contribution in [0.4, 0.5) is 17.1 Å². The Kier molecular flexibility index (Phi) is 8.70. The van der Waals surface area contributed by atoms with Gasteiger partial charge in [0.2, 0.25) is 0 Å². The number of nitrogen functional groups attached to an aromatic ring is 1.